The first-order chi connectivity index (χ1) is 5.79. The van der Waals surface area contributed by atoms with E-state index in [0.29, 0.717) is 6.61 Å². The van der Waals surface area contributed by atoms with Gasteiger partial charge in [-0.15, -0.1) is 0 Å². The largest absolute Gasteiger partial charge is 0.390 e. The van der Waals surface area contributed by atoms with E-state index in [1.807, 2.05) is 6.92 Å². The molecule has 1 N–H and O–H groups in total. The first-order valence-corrected chi connectivity index (χ1v) is 4.70. The number of aliphatic hydroxyl groups excluding tert-OH is 1. The molecule has 0 radical (unpaired) electrons. The monoisotopic (exact) mass is 174 g/mol. The Kier molecular flexibility index (Phi) is 3.98. The molecule has 0 aromatic rings. The Hall–Kier alpha value is -0.120. The van der Waals surface area contributed by atoms with Crippen LogP contribution < -0.4 is 0 Å². The molecule has 0 aromatic carbocycles. The summed E-state index contributed by atoms with van der Waals surface area (Å²) in [5, 5.41) is 9.30. The van der Waals surface area contributed by atoms with E-state index in [1.54, 1.807) is 0 Å². The molecule has 3 unspecified atom stereocenters. The Morgan fingerprint density at radius 3 is 2.58 bits per heavy atom. The first kappa shape index (κ1) is 9.96. The van der Waals surface area contributed by atoms with Crippen LogP contribution in [0.5, 0.6) is 0 Å². The number of hydrogen-bond acceptors (Lipinski definition) is 3. The van der Waals surface area contributed by atoms with Gasteiger partial charge in [0.2, 0.25) is 0 Å². The van der Waals surface area contributed by atoms with Gasteiger partial charge in [0.1, 0.15) is 6.10 Å². The van der Waals surface area contributed by atoms with E-state index < -0.39 is 0 Å². The molecule has 1 saturated carbocycles. The van der Waals surface area contributed by atoms with Crippen LogP contribution in [0.15, 0.2) is 0 Å². The van der Waals surface area contributed by atoms with Gasteiger partial charge in [-0.25, -0.2) is 0 Å². The van der Waals surface area contributed by atoms with Gasteiger partial charge in [-0.05, 0) is 13.3 Å². The maximum Gasteiger partial charge on any atom is 0.110 e. The van der Waals surface area contributed by atoms with Gasteiger partial charge in [-0.2, -0.15) is 0 Å². The highest BCUT2D eigenvalue weighted by molar-refractivity contribution is 4.91. The number of rotatable bonds is 5. The summed E-state index contributed by atoms with van der Waals surface area (Å²) in [6.45, 7) is 5.42. The molecule has 12 heavy (non-hydrogen) atoms. The summed E-state index contributed by atoms with van der Waals surface area (Å²) >= 11 is 0. The first-order valence-electron chi connectivity index (χ1n) is 4.70. The molecular weight excluding hydrogens is 156 g/mol. The summed E-state index contributed by atoms with van der Waals surface area (Å²) in [6.07, 6.45) is 1.48. The molecule has 0 amide bonds. The standard InChI is InChI=1S/C9H18O3/c1-3-5-12-8-6-7(10)9(8)11-4-2/h7-10H,3-6H2,1-2H3. The summed E-state index contributed by atoms with van der Waals surface area (Å²) in [5.74, 6) is 0. The van der Waals surface area contributed by atoms with Crippen LogP contribution in [0.2, 0.25) is 0 Å². The van der Waals surface area contributed by atoms with Gasteiger partial charge >= 0.3 is 0 Å². The maximum absolute atomic E-state index is 9.30. The number of aliphatic hydroxyl groups is 1. The van der Waals surface area contributed by atoms with E-state index >= 15 is 0 Å². The van der Waals surface area contributed by atoms with Gasteiger partial charge in [0.05, 0.1) is 12.2 Å². The lowest BCUT2D eigenvalue weighted by atomic mass is 9.88. The van der Waals surface area contributed by atoms with Crippen molar-refractivity contribution in [3.8, 4) is 0 Å². The van der Waals surface area contributed by atoms with Crippen LogP contribution in [0.1, 0.15) is 26.7 Å². The fraction of sp³-hybridized carbons (Fsp3) is 1.00. The average molecular weight is 174 g/mol. The van der Waals surface area contributed by atoms with Gasteiger partial charge in [-0.3, -0.25) is 0 Å². The predicted molar refractivity (Wildman–Crippen MR) is 46.1 cm³/mol. The minimum Gasteiger partial charge on any atom is -0.390 e. The molecule has 1 aliphatic carbocycles. The van der Waals surface area contributed by atoms with Gasteiger partial charge in [0.25, 0.3) is 0 Å². The predicted octanol–water partition coefficient (Wildman–Crippen LogP) is 0.951. The van der Waals surface area contributed by atoms with Crippen LogP contribution in [-0.4, -0.2) is 36.6 Å². The molecule has 3 atom stereocenters. The van der Waals surface area contributed by atoms with Crippen LogP contribution in [0.4, 0.5) is 0 Å². The molecule has 3 heteroatoms. The summed E-state index contributed by atoms with van der Waals surface area (Å²) in [5.41, 5.74) is 0. The van der Waals surface area contributed by atoms with Crippen LogP contribution in [-0.2, 0) is 9.47 Å². The van der Waals surface area contributed by atoms with Gasteiger partial charge in [0.15, 0.2) is 0 Å². The Morgan fingerprint density at radius 1 is 1.33 bits per heavy atom. The maximum atomic E-state index is 9.30. The molecule has 0 bridgehead atoms. The third-order valence-corrected chi connectivity index (χ3v) is 2.11. The number of ether oxygens (including phenoxy) is 2. The van der Waals surface area contributed by atoms with Crippen molar-refractivity contribution in [1.29, 1.82) is 0 Å². The van der Waals surface area contributed by atoms with Crippen molar-refractivity contribution in [3.05, 3.63) is 0 Å². The lowest BCUT2D eigenvalue weighted by molar-refractivity contribution is -0.190. The van der Waals surface area contributed by atoms with Crippen LogP contribution in [0.25, 0.3) is 0 Å². The summed E-state index contributed by atoms with van der Waals surface area (Å²) in [6, 6.07) is 0. The molecule has 3 nitrogen and oxygen atoms in total. The normalized spacial score (nSPS) is 34.8. The smallest absolute Gasteiger partial charge is 0.110 e. The minimum atomic E-state index is -0.313. The Bertz CT molecular complexity index is 127. The van der Waals surface area contributed by atoms with Crippen molar-refractivity contribution in [2.75, 3.05) is 13.2 Å². The second kappa shape index (κ2) is 4.80. The molecular formula is C9H18O3. The minimum absolute atomic E-state index is 0.0819. The Balaban J connectivity index is 2.18. The molecule has 0 aliphatic heterocycles. The zero-order valence-corrected chi connectivity index (χ0v) is 7.82. The van der Waals surface area contributed by atoms with Gasteiger partial charge < -0.3 is 14.6 Å². The SMILES string of the molecule is CCCOC1CC(O)C1OCC. The zero-order valence-electron chi connectivity index (χ0n) is 7.82. The topological polar surface area (TPSA) is 38.7 Å². The van der Waals surface area contributed by atoms with Crippen molar-refractivity contribution < 1.29 is 14.6 Å². The molecule has 1 aliphatic rings. The summed E-state index contributed by atoms with van der Waals surface area (Å²) in [4.78, 5) is 0. The molecule has 0 aromatic heterocycles. The third kappa shape index (κ3) is 2.19. The van der Waals surface area contributed by atoms with Crippen LogP contribution in [0.3, 0.4) is 0 Å². The van der Waals surface area contributed by atoms with Crippen LogP contribution in [0, 0.1) is 0 Å². The van der Waals surface area contributed by atoms with Gasteiger partial charge in [0, 0.05) is 19.6 Å². The van der Waals surface area contributed by atoms with Crippen molar-refractivity contribution in [3.63, 3.8) is 0 Å². The van der Waals surface area contributed by atoms with E-state index in [0.717, 1.165) is 19.4 Å². The molecule has 1 rings (SSSR count). The van der Waals surface area contributed by atoms with Crippen molar-refractivity contribution in [2.24, 2.45) is 0 Å². The van der Waals surface area contributed by atoms with E-state index in [-0.39, 0.29) is 18.3 Å². The highest BCUT2D eigenvalue weighted by Gasteiger charge is 2.41. The van der Waals surface area contributed by atoms with Crippen molar-refractivity contribution in [1.82, 2.24) is 0 Å². The fourth-order valence-electron chi connectivity index (χ4n) is 1.40. The van der Waals surface area contributed by atoms with Crippen LogP contribution >= 0.6 is 0 Å². The third-order valence-electron chi connectivity index (χ3n) is 2.11. The lowest BCUT2D eigenvalue weighted by Gasteiger charge is -2.40. The molecule has 0 heterocycles. The number of hydrogen-bond donors (Lipinski definition) is 1. The molecule has 0 saturated heterocycles. The highest BCUT2D eigenvalue weighted by atomic mass is 16.6. The highest BCUT2D eigenvalue weighted by Crippen LogP contribution is 2.27. The van der Waals surface area contributed by atoms with E-state index in [1.165, 1.54) is 0 Å². The van der Waals surface area contributed by atoms with Crippen molar-refractivity contribution >= 4 is 0 Å². The van der Waals surface area contributed by atoms with Gasteiger partial charge in [-0.1, -0.05) is 6.92 Å². The summed E-state index contributed by atoms with van der Waals surface area (Å²) in [7, 11) is 0. The average Bonchev–Trinajstić information content (AvgIpc) is 2.08. The fourth-order valence-corrected chi connectivity index (χ4v) is 1.40. The zero-order chi connectivity index (χ0) is 8.97. The lowest BCUT2D eigenvalue weighted by Crippen LogP contribution is -2.53. The van der Waals surface area contributed by atoms with E-state index in [2.05, 4.69) is 6.92 Å². The quantitative estimate of drug-likeness (QED) is 0.674. The second-order valence-electron chi connectivity index (χ2n) is 3.13. The Labute approximate surface area is 73.7 Å². The Morgan fingerprint density at radius 2 is 2.08 bits per heavy atom. The van der Waals surface area contributed by atoms with Crippen molar-refractivity contribution in [2.45, 2.75) is 45.0 Å². The summed E-state index contributed by atoms with van der Waals surface area (Å²) < 4.78 is 10.8. The van der Waals surface area contributed by atoms with E-state index in [9.17, 15) is 5.11 Å². The molecule has 0 spiro atoms. The van der Waals surface area contributed by atoms with E-state index in [4.69, 9.17) is 9.47 Å². The molecule has 1 fully saturated rings. The molecule has 72 valence electrons. The second-order valence-corrected chi connectivity index (χ2v) is 3.13.